The van der Waals surface area contributed by atoms with Crippen molar-refractivity contribution in [3.8, 4) is 0 Å². The molecule has 4 fully saturated rings. The molecule has 4 heteroatoms. The molecule has 0 spiro atoms. The van der Waals surface area contributed by atoms with Crippen molar-refractivity contribution in [1.29, 1.82) is 0 Å². The summed E-state index contributed by atoms with van der Waals surface area (Å²) in [5, 5.41) is 0. The topological polar surface area (TPSA) is 43.4 Å². The Morgan fingerprint density at radius 3 is 2.25 bits per heavy atom. The minimum Gasteiger partial charge on any atom is -0.267 e. The van der Waals surface area contributed by atoms with Gasteiger partial charge in [-0.2, -0.15) is 8.42 Å². The zero-order valence-electron chi connectivity index (χ0n) is 21.7. The van der Waals surface area contributed by atoms with Crippen LogP contribution in [-0.2, 0) is 14.3 Å². The fourth-order valence-corrected chi connectivity index (χ4v) is 10.3. The lowest BCUT2D eigenvalue weighted by Crippen LogP contribution is -2.53. The first-order valence-corrected chi connectivity index (χ1v) is 15.7. The highest BCUT2D eigenvalue weighted by Gasteiger charge is 2.60. The first-order chi connectivity index (χ1) is 15.0. The maximum absolute atomic E-state index is 12.1. The van der Waals surface area contributed by atoms with Crippen molar-refractivity contribution in [3.05, 3.63) is 0 Å². The quantitative estimate of drug-likeness (QED) is 0.366. The van der Waals surface area contributed by atoms with Gasteiger partial charge in [-0.05, 0) is 116 Å². The van der Waals surface area contributed by atoms with Gasteiger partial charge in [-0.15, -0.1) is 0 Å². The molecule has 4 aliphatic carbocycles. The lowest BCUT2D eigenvalue weighted by atomic mass is 9.44. The molecule has 0 aliphatic heterocycles. The summed E-state index contributed by atoms with van der Waals surface area (Å²) < 4.78 is 30.0. The molecule has 4 rings (SSSR count). The number of fused-ring (bicyclic) bond motifs is 5. The fourth-order valence-electron chi connectivity index (χ4n) is 9.58. The molecule has 186 valence electrons. The average molecular weight is 467 g/mol. The van der Waals surface area contributed by atoms with Crippen LogP contribution in [0.3, 0.4) is 0 Å². The van der Waals surface area contributed by atoms with E-state index in [9.17, 15) is 8.42 Å². The molecule has 0 aromatic rings. The molecule has 0 N–H and O–H groups in total. The van der Waals surface area contributed by atoms with Crippen LogP contribution in [0, 0.1) is 52.3 Å². The van der Waals surface area contributed by atoms with Crippen LogP contribution in [0.15, 0.2) is 0 Å². The summed E-state index contributed by atoms with van der Waals surface area (Å²) in [5.74, 6) is 5.09. The summed E-state index contributed by atoms with van der Waals surface area (Å²) in [6, 6.07) is 0. The molecule has 0 heterocycles. The molecular formula is C28H50O3S. The highest BCUT2D eigenvalue weighted by molar-refractivity contribution is 7.86. The Hall–Kier alpha value is -0.0900. The van der Waals surface area contributed by atoms with E-state index in [-0.39, 0.29) is 6.10 Å². The van der Waals surface area contributed by atoms with Gasteiger partial charge in [-0.25, -0.2) is 0 Å². The Bertz CT molecular complexity index is 761. The SMILES string of the molecule is CC(C)CCC(OS(C)(=O)=O)[C@@H](C)[C@H]1CC[C@H]2[C@@H]3CCC4CCCC[C@]4(C)[C@H]3CC[C@]12C. The summed E-state index contributed by atoms with van der Waals surface area (Å²) in [6.07, 6.45) is 17.0. The van der Waals surface area contributed by atoms with Crippen LogP contribution in [0.1, 0.15) is 112 Å². The molecule has 0 amide bonds. The van der Waals surface area contributed by atoms with Crippen molar-refractivity contribution in [1.82, 2.24) is 0 Å². The number of hydrogen-bond donors (Lipinski definition) is 0. The van der Waals surface area contributed by atoms with E-state index in [2.05, 4.69) is 34.6 Å². The molecule has 4 aliphatic rings. The van der Waals surface area contributed by atoms with Crippen LogP contribution in [0.4, 0.5) is 0 Å². The zero-order chi connectivity index (χ0) is 23.3. The van der Waals surface area contributed by atoms with E-state index in [4.69, 9.17) is 4.18 Å². The van der Waals surface area contributed by atoms with Gasteiger partial charge in [0, 0.05) is 0 Å². The maximum atomic E-state index is 12.1. The third-order valence-corrected chi connectivity index (χ3v) is 11.8. The van der Waals surface area contributed by atoms with Gasteiger partial charge in [0.25, 0.3) is 10.1 Å². The van der Waals surface area contributed by atoms with Gasteiger partial charge < -0.3 is 0 Å². The number of hydrogen-bond acceptors (Lipinski definition) is 3. The molecule has 0 saturated heterocycles. The Morgan fingerprint density at radius 1 is 0.844 bits per heavy atom. The second-order valence-electron chi connectivity index (χ2n) is 13.3. The molecule has 0 aromatic heterocycles. The highest BCUT2D eigenvalue weighted by Crippen LogP contribution is 2.68. The first kappa shape index (κ1) is 25.0. The van der Waals surface area contributed by atoms with Crippen molar-refractivity contribution in [3.63, 3.8) is 0 Å². The Balaban J connectivity index is 1.53. The van der Waals surface area contributed by atoms with Gasteiger partial charge >= 0.3 is 0 Å². The summed E-state index contributed by atoms with van der Waals surface area (Å²) in [5.41, 5.74) is 0.945. The van der Waals surface area contributed by atoms with Crippen LogP contribution in [0.5, 0.6) is 0 Å². The molecule has 0 radical (unpaired) electrons. The zero-order valence-corrected chi connectivity index (χ0v) is 22.6. The van der Waals surface area contributed by atoms with Gasteiger partial charge in [0.1, 0.15) is 0 Å². The van der Waals surface area contributed by atoms with E-state index in [0.29, 0.717) is 28.6 Å². The van der Waals surface area contributed by atoms with Gasteiger partial charge in [-0.3, -0.25) is 4.18 Å². The minimum absolute atomic E-state index is 0.169. The summed E-state index contributed by atoms with van der Waals surface area (Å²) in [7, 11) is -3.44. The normalized spacial score (nSPS) is 43.9. The largest absolute Gasteiger partial charge is 0.267 e. The number of rotatable bonds is 7. The first-order valence-electron chi connectivity index (χ1n) is 13.8. The summed E-state index contributed by atoms with van der Waals surface area (Å²) >= 11 is 0. The summed E-state index contributed by atoms with van der Waals surface area (Å²) in [4.78, 5) is 0. The molecule has 32 heavy (non-hydrogen) atoms. The van der Waals surface area contributed by atoms with Gasteiger partial charge in [0.05, 0.1) is 12.4 Å². The lowest BCUT2D eigenvalue weighted by Gasteiger charge is -2.61. The third kappa shape index (κ3) is 4.58. The Kier molecular flexibility index (Phi) is 7.17. The van der Waals surface area contributed by atoms with Crippen LogP contribution in [-0.4, -0.2) is 20.8 Å². The Morgan fingerprint density at radius 2 is 1.56 bits per heavy atom. The van der Waals surface area contributed by atoms with E-state index in [1.807, 2.05) is 0 Å². The van der Waals surface area contributed by atoms with Gasteiger partial charge in [0.2, 0.25) is 0 Å². The predicted octanol–water partition coefficient (Wildman–Crippen LogP) is 7.45. The smallest absolute Gasteiger partial charge is 0.264 e. The van der Waals surface area contributed by atoms with Crippen molar-refractivity contribution in [2.45, 2.75) is 118 Å². The Labute approximate surface area is 199 Å². The molecule has 4 saturated carbocycles. The van der Waals surface area contributed by atoms with Crippen LogP contribution in [0.25, 0.3) is 0 Å². The van der Waals surface area contributed by atoms with E-state index in [0.717, 1.165) is 36.5 Å². The summed E-state index contributed by atoms with van der Waals surface area (Å²) in [6.45, 7) is 12.0. The van der Waals surface area contributed by atoms with Gasteiger partial charge in [0.15, 0.2) is 0 Å². The van der Waals surface area contributed by atoms with E-state index in [1.165, 1.54) is 70.5 Å². The standard InChI is InChI=1S/C28H50O3S/c1-19(2)10-15-26(31-32(6,29)30)20(3)23-13-14-24-22-12-11-21-9-7-8-17-27(21,4)25(22)16-18-28(23,24)5/h19-26H,7-18H2,1-6H3/t20-,21?,22-,23+,24-,25-,26?,27-,28+/m0/s1. The van der Waals surface area contributed by atoms with E-state index >= 15 is 0 Å². The average Bonchev–Trinajstić information content (AvgIpc) is 3.06. The second-order valence-corrected chi connectivity index (χ2v) is 14.9. The molecule has 9 atom stereocenters. The molecule has 0 bridgehead atoms. The van der Waals surface area contributed by atoms with E-state index in [1.54, 1.807) is 0 Å². The lowest BCUT2D eigenvalue weighted by molar-refractivity contribution is -0.117. The molecule has 3 nitrogen and oxygen atoms in total. The van der Waals surface area contributed by atoms with Crippen molar-refractivity contribution < 1.29 is 12.6 Å². The maximum Gasteiger partial charge on any atom is 0.264 e. The predicted molar refractivity (Wildman–Crippen MR) is 133 cm³/mol. The second kappa shape index (κ2) is 9.17. The minimum atomic E-state index is -3.44. The van der Waals surface area contributed by atoms with Crippen LogP contribution >= 0.6 is 0 Å². The van der Waals surface area contributed by atoms with Crippen molar-refractivity contribution in [2.75, 3.05) is 6.26 Å². The molecule has 0 aromatic carbocycles. The van der Waals surface area contributed by atoms with E-state index < -0.39 is 10.1 Å². The van der Waals surface area contributed by atoms with Gasteiger partial charge in [-0.1, -0.05) is 47.5 Å². The highest BCUT2D eigenvalue weighted by atomic mass is 32.2. The monoisotopic (exact) mass is 466 g/mol. The molecule has 2 unspecified atom stereocenters. The van der Waals surface area contributed by atoms with Crippen LogP contribution in [0.2, 0.25) is 0 Å². The van der Waals surface area contributed by atoms with Crippen molar-refractivity contribution >= 4 is 10.1 Å². The molecular weight excluding hydrogens is 416 g/mol. The van der Waals surface area contributed by atoms with Crippen LogP contribution < -0.4 is 0 Å². The van der Waals surface area contributed by atoms with Crippen molar-refractivity contribution in [2.24, 2.45) is 52.3 Å². The fraction of sp³-hybridized carbons (Fsp3) is 1.00. The third-order valence-electron chi connectivity index (χ3n) is 11.2.